The predicted octanol–water partition coefficient (Wildman–Crippen LogP) is 0.725. The van der Waals surface area contributed by atoms with Gasteiger partial charge < -0.3 is 0 Å². The van der Waals surface area contributed by atoms with E-state index >= 15 is 0 Å². The highest BCUT2D eigenvalue weighted by atomic mass is 16.1. The summed E-state index contributed by atoms with van der Waals surface area (Å²) in [5.41, 5.74) is 0. The summed E-state index contributed by atoms with van der Waals surface area (Å²) >= 11 is 0. The molecule has 0 aromatic heterocycles. The van der Waals surface area contributed by atoms with Crippen molar-refractivity contribution >= 4 is 11.6 Å². The fourth-order valence-electron chi connectivity index (χ4n) is 2.09. The van der Waals surface area contributed by atoms with Gasteiger partial charge in [-0.3, -0.25) is 19.4 Å². The highest BCUT2D eigenvalue weighted by Crippen LogP contribution is 2.13. The molecule has 0 spiro atoms. The second-order valence-corrected chi connectivity index (χ2v) is 4.82. The van der Waals surface area contributed by atoms with Crippen LogP contribution in [0.5, 0.6) is 0 Å². The van der Waals surface area contributed by atoms with Crippen molar-refractivity contribution in [1.29, 1.82) is 0 Å². The number of rotatable bonds is 2. The number of nitrogens with zero attached hydrogens (tertiary/aromatic N) is 2. The van der Waals surface area contributed by atoms with E-state index in [-0.39, 0.29) is 17.9 Å². The van der Waals surface area contributed by atoms with Crippen LogP contribution in [0.4, 0.5) is 0 Å². The Labute approximate surface area is 103 Å². The first kappa shape index (κ1) is 14.1. The van der Waals surface area contributed by atoms with E-state index in [0.29, 0.717) is 5.78 Å². The molecule has 0 aromatic carbocycles. The van der Waals surface area contributed by atoms with Crippen molar-refractivity contribution in [1.82, 2.24) is 9.80 Å². The summed E-state index contributed by atoms with van der Waals surface area (Å²) in [5, 5.41) is 0. The first-order valence-electron chi connectivity index (χ1n) is 6.01. The zero-order valence-electron chi connectivity index (χ0n) is 11.1. The average molecular weight is 238 g/mol. The van der Waals surface area contributed by atoms with Gasteiger partial charge in [0.05, 0.1) is 12.1 Å². The van der Waals surface area contributed by atoms with Crippen LogP contribution in [-0.4, -0.2) is 60.6 Å². The third kappa shape index (κ3) is 3.75. The van der Waals surface area contributed by atoms with Gasteiger partial charge in [-0.2, -0.15) is 0 Å². The Bertz CT molecular complexity index is 325. The van der Waals surface area contributed by atoms with Gasteiger partial charge in [-0.15, -0.1) is 0 Å². The van der Waals surface area contributed by atoms with Crippen molar-refractivity contribution < 1.29 is 9.59 Å². The number of hydrogen-bond donors (Lipinski definition) is 0. The number of carbonyl (C=O) groups is 2. The lowest BCUT2D eigenvalue weighted by atomic mass is 10.0. The maximum Gasteiger partial charge on any atom is 0.150 e. The lowest BCUT2D eigenvalue weighted by molar-refractivity contribution is -0.125. The molecule has 0 radical (unpaired) electrons. The van der Waals surface area contributed by atoms with Crippen LogP contribution < -0.4 is 0 Å². The number of Topliss-reactive ketones (excluding diaryl/α,β-unsaturated/α-hetero) is 2. The molecule has 2 heterocycles. The van der Waals surface area contributed by atoms with E-state index in [1.54, 1.807) is 13.8 Å². The van der Waals surface area contributed by atoms with Crippen molar-refractivity contribution in [2.45, 2.75) is 32.4 Å². The minimum Gasteiger partial charge on any atom is -0.298 e. The number of likely N-dealkylation sites (N-methyl/N-ethyl adjacent to an activating group) is 2. The van der Waals surface area contributed by atoms with Gasteiger partial charge in [-0.05, 0) is 34.4 Å². The SMILES string of the molecule is CC(=O)C1C=CCN1C.CC(=O)C1CCN1C. The normalized spacial score (nSPS) is 28.2. The molecule has 96 valence electrons. The van der Waals surface area contributed by atoms with E-state index in [1.807, 2.05) is 31.1 Å². The Hall–Kier alpha value is -1.00. The molecule has 2 aliphatic rings. The number of carbonyl (C=O) groups excluding carboxylic acids is 2. The molecule has 0 N–H and O–H groups in total. The third-order valence-corrected chi connectivity index (χ3v) is 3.36. The van der Waals surface area contributed by atoms with Gasteiger partial charge in [0.25, 0.3) is 0 Å². The quantitative estimate of drug-likeness (QED) is 0.665. The van der Waals surface area contributed by atoms with Crippen molar-refractivity contribution in [3.05, 3.63) is 12.2 Å². The van der Waals surface area contributed by atoms with Gasteiger partial charge in [0.2, 0.25) is 0 Å². The highest BCUT2D eigenvalue weighted by Gasteiger charge is 2.27. The zero-order chi connectivity index (χ0) is 13.0. The maximum atomic E-state index is 10.8. The van der Waals surface area contributed by atoms with E-state index in [1.165, 1.54) is 0 Å². The second kappa shape index (κ2) is 6.07. The highest BCUT2D eigenvalue weighted by molar-refractivity contribution is 5.83. The van der Waals surface area contributed by atoms with Crippen LogP contribution in [-0.2, 0) is 9.59 Å². The molecule has 0 saturated carbocycles. The van der Waals surface area contributed by atoms with Gasteiger partial charge in [0, 0.05) is 13.1 Å². The first-order valence-corrected chi connectivity index (χ1v) is 6.01. The lowest BCUT2D eigenvalue weighted by Gasteiger charge is -2.35. The molecule has 17 heavy (non-hydrogen) atoms. The Morgan fingerprint density at radius 1 is 1.12 bits per heavy atom. The number of hydrogen-bond acceptors (Lipinski definition) is 4. The first-order chi connectivity index (χ1) is 7.93. The minimum absolute atomic E-state index is 0.0463. The molecular weight excluding hydrogens is 216 g/mol. The Morgan fingerprint density at radius 3 is 1.88 bits per heavy atom. The lowest BCUT2D eigenvalue weighted by Crippen LogP contribution is -2.48. The minimum atomic E-state index is 0.0463. The molecule has 4 nitrogen and oxygen atoms in total. The van der Waals surface area contributed by atoms with Gasteiger partial charge in [-0.1, -0.05) is 12.2 Å². The Kier molecular flexibility index (Phi) is 5.02. The third-order valence-electron chi connectivity index (χ3n) is 3.36. The van der Waals surface area contributed by atoms with E-state index in [9.17, 15) is 9.59 Å². The van der Waals surface area contributed by atoms with Gasteiger partial charge in [0.15, 0.2) is 5.78 Å². The van der Waals surface area contributed by atoms with E-state index in [0.717, 1.165) is 19.5 Å². The van der Waals surface area contributed by atoms with Crippen LogP contribution in [0.15, 0.2) is 12.2 Å². The molecule has 4 heteroatoms. The summed E-state index contributed by atoms with van der Waals surface area (Å²) < 4.78 is 0. The van der Waals surface area contributed by atoms with Crippen LogP contribution >= 0.6 is 0 Å². The van der Waals surface area contributed by atoms with Crippen molar-refractivity contribution in [3.63, 3.8) is 0 Å². The molecule has 0 aliphatic carbocycles. The largest absolute Gasteiger partial charge is 0.298 e. The summed E-state index contributed by atoms with van der Waals surface area (Å²) in [6.45, 7) is 5.27. The van der Waals surface area contributed by atoms with E-state index in [2.05, 4.69) is 4.90 Å². The molecule has 2 rings (SSSR count). The Balaban J connectivity index is 0.000000171. The molecule has 2 unspecified atom stereocenters. The number of ketones is 2. The second-order valence-electron chi connectivity index (χ2n) is 4.82. The van der Waals surface area contributed by atoms with Crippen LogP contribution in [0.25, 0.3) is 0 Å². The molecule has 2 atom stereocenters. The monoisotopic (exact) mass is 238 g/mol. The van der Waals surface area contributed by atoms with Gasteiger partial charge >= 0.3 is 0 Å². The summed E-state index contributed by atoms with van der Waals surface area (Å²) in [6, 6.07) is 0.292. The molecular formula is C13H22N2O2. The molecule has 0 aromatic rings. The summed E-state index contributed by atoms with van der Waals surface area (Å²) in [7, 11) is 3.93. The topological polar surface area (TPSA) is 40.6 Å². The van der Waals surface area contributed by atoms with E-state index in [4.69, 9.17) is 0 Å². The molecule has 0 amide bonds. The fourth-order valence-corrected chi connectivity index (χ4v) is 2.09. The molecule has 1 saturated heterocycles. The van der Waals surface area contributed by atoms with Crippen molar-refractivity contribution in [2.75, 3.05) is 27.2 Å². The average Bonchev–Trinajstić information content (AvgIpc) is 2.62. The Morgan fingerprint density at radius 2 is 1.76 bits per heavy atom. The predicted molar refractivity (Wildman–Crippen MR) is 68.0 cm³/mol. The van der Waals surface area contributed by atoms with Crippen molar-refractivity contribution in [3.8, 4) is 0 Å². The summed E-state index contributed by atoms with van der Waals surface area (Å²) in [4.78, 5) is 25.4. The maximum absolute atomic E-state index is 10.8. The van der Waals surface area contributed by atoms with Gasteiger partial charge in [-0.25, -0.2) is 0 Å². The van der Waals surface area contributed by atoms with Crippen LogP contribution in [0, 0.1) is 0 Å². The van der Waals surface area contributed by atoms with Gasteiger partial charge in [0.1, 0.15) is 5.78 Å². The standard InChI is InChI=1S/C7H11NO.C6H11NO/c1-6(9)7-4-3-5-8(7)2;1-5(8)6-3-4-7(6)2/h3-4,7H,5H2,1-2H3;6H,3-4H2,1-2H3. The van der Waals surface area contributed by atoms with Crippen molar-refractivity contribution in [2.24, 2.45) is 0 Å². The fraction of sp³-hybridized carbons (Fsp3) is 0.692. The molecule has 0 bridgehead atoms. The zero-order valence-corrected chi connectivity index (χ0v) is 11.1. The smallest absolute Gasteiger partial charge is 0.150 e. The molecule has 2 aliphatic heterocycles. The van der Waals surface area contributed by atoms with E-state index < -0.39 is 0 Å². The summed E-state index contributed by atoms with van der Waals surface area (Å²) in [5.74, 6) is 0.532. The van der Waals surface area contributed by atoms with Crippen LogP contribution in [0.1, 0.15) is 20.3 Å². The van der Waals surface area contributed by atoms with Crippen LogP contribution in [0.2, 0.25) is 0 Å². The number of likely N-dealkylation sites (tertiary alicyclic amines) is 1. The molecule has 1 fully saturated rings. The summed E-state index contributed by atoms with van der Waals surface area (Å²) in [6.07, 6.45) is 5.03. The van der Waals surface area contributed by atoms with Crippen LogP contribution in [0.3, 0.4) is 0 Å².